The van der Waals surface area contributed by atoms with Crippen molar-refractivity contribution in [2.75, 3.05) is 5.32 Å². The van der Waals surface area contributed by atoms with Crippen LogP contribution in [0.3, 0.4) is 0 Å². The van der Waals surface area contributed by atoms with Gasteiger partial charge in [-0.3, -0.25) is 0 Å². The smallest absolute Gasteiger partial charge is 0.305 e. The van der Waals surface area contributed by atoms with Crippen molar-refractivity contribution in [2.24, 2.45) is 0 Å². The minimum Gasteiger partial charge on any atom is -0.305 e. The van der Waals surface area contributed by atoms with Crippen molar-refractivity contribution >= 4 is 23.3 Å². The van der Waals surface area contributed by atoms with Crippen LogP contribution in [0.4, 0.5) is 10.5 Å². The molecular formula is C7H6ClN2O. The van der Waals surface area contributed by atoms with E-state index >= 15 is 0 Å². The van der Waals surface area contributed by atoms with E-state index in [1.807, 2.05) is 0 Å². The van der Waals surface area contributed by atoms with E-state index in [9.17, 15) is 4.79 Å². The Balaban J connectivity index is 2.86. The summed E-state index contributed by atoms with van der Waals surface area (Å²) in [6, 6.07) is 5.90. The number of rotatable bonds is 1. The lowest BCUT2D eigenvalue weighted by molar-refractivity contribution is 0.258. The zero-order chi connectivity index (χ0) is 8.27. The summed E-state index contributed by atoms with van der Waals surface area (Å²) in [5.74, 6) is 0. The summed E-state index contributed by atoms with van der Waals surface area (Å²) >= 11 is 5.67. The zero-order valence-electron chi connectivity index (χ0n) is 5.60. The topological polar surface area (TPSA) is 52.9 Å². The summed E-state index contributed by atoms with van der Waals surface area (Å²) in [6.45, 7) is 0. The molecule has 0 atom stereocenters. The van der Waals surface area contributed by atoms with Crippen LogP contribution in [0.5, 0.6) is 0 Å². The molecule has 2 amide bonds. The molecule has 11 heavy (non-hydrogen) atoms. The Labute approximate surface area is 69.2 Å². The van der Waals surface area contributed by atoms with Crippen molar-refractivity contribution in [3.63, 3.8) is 0 Å². The molecule has 1 aromatic carbocycles. The SMILES string of the molecule is [NH]C(=O)Nc1ccccc1Cl. The van der Waals surface area contributed by atoms with Gasteiger partial charge in [0.25, 0.3) is 0 Å². The third-order valence-corrected chi connectivity index (χ3v) is 1.45. The summed E-state index contributed by atoms with van der Waals surface area (Å²) < 4.78 is 0. The average molecular weight is 170 g/mol. The fraction of sp³-hybridized carbons (Fsp3) is 0. The van der Waals surface area contributed by atoms with E-state index < -0.39 is 6.03 Å². The van der Waals surface area contributed by atoms with Gasteiger partial charge in [-0.2, -0.15) is 0 Å². The number of para-hydroxylation sites is 1. The molecule has 0 spiro atoms. The first kappa shape index (κ1) is 7.88. The van der Waals surface area contributed by atoms with E-state index in [1.54, 1.807) is 24.3 Å². The Kier molecular flexibility index (Phi) is 2.33. The van der Waals surface area contributed by atoms with Crippen LogP contribution in [-0.4, -0.2) is 6.03 Å². The summed E-state index contributed by atoms with van der Waals surface area (Å²) in [5, 5.41) is 2.71. The zero-order valence-corrected chi connectivity index (χ0v) is 6.35. The summed E-state index contributed by atoms with van der Waals surface area (Å²) in [7, 11) is 0. The standard InChI is InChI=1S/C7H6ClN2O/c8-5-3-1-2-4-6(5)10-7(9)11/h1-4,9H,(H,10,11). The molecule has 1 radical (unpaired) electrons. The van der Waals surface area contributed by atoms with Gasteiger partial charge in [0, 0.05) is 0 Å². The molecule has 0 saturated heterocycles. The van der Waals surface area contributed by atoms with Gasteiger partial charge in [0.2, 0.25) is 0 Å². The summed E-state index contributed by atoms with van der Waals surface area (Å²) in [6.07, 6.45) is 0. The van der Waals surface area contributed by atoms with Crippen LogP contribution >= 0.6 is 11.6 Å². The van der Waals surface area contributed by atoms with E-state index in [2.05, 4.69) is 5.32 Å². The molecule has 3 nitrogen and oxygen atoms in total. The monoisotopic (exact) mass is 169 g/mol. The minimum absolute atomic E-state index is 0.438. The number of carbonyl (C=O) groups excluding carboxylic acids is 1. The molecule has 1 aromatic rings. The molecular weight excluding hydrogens is 164 g/mol. The normalized spacial score (nSPS) is 9.18. The number of hydrogen-bond donors (Lipinski definition) is 1. The number of benzene rings is 1. The molecule has 0 aliphatic heterocycles. The maximum absolute atomic E-state index is 10.3. The number of hydrogen-bond acceptors (Lipinski definition) is 1. The predicted molar refractivity (Wildman–Crippen MR) is 43.6 cm³/mol. The third kappa shape index (κ3) is 2.13. The number of carbonyl (C=O) groups is 1. The van der Waals surface area contributed by atoms with Gasteiger partial charge < -0.3 is 5.32 Å². The van der Waals surface area contributed by atoms with Crippen molar-refractivity contribution in [1.82, 2.24) is 5.73 Å². The van der Waals surface area contributed by atoms with Crippen LogP contribution in [0.2, 0.25) is 5.02 Å². The van der Waals surface area contributed by atoms with E-state index in [4.69, 9.17) is 17.3 Å². The lowest BCUT2D eigenvalue weighted by Crippen LogP contribution is -2.09. The van der Waals surface area contributed by atoms with Gasteiger partial charge in [-0.1, -0.05) is 23.7 Å². The molecule has 4 heteroatoms. The van der Waals surface area contributed by atoms with Crippen LogP contribution in [0.15, 0.2) is 24.3 Å². The van der Waals surface area contributed by atoms with Gasteiger partial charge in [0.05, 0.1) is 10.7 Å². The van der Waals surface area contributed by atoms with Gasteiger partial charge in [0.1, 0.15) is 0 Å². The first-order valence-corrected chi connectivity index (χ1v) is 3.35. The van der Waals surface area contributed by atoms with Crippen molar-refractivity contribution in [3.8, 4) is 0 Å². The van der Waals surface area contributed by atoms with Gasteiger partial charge >= 0.3 is 6.03 Å². The van der Waals surface area contributed by atoms with E-state index in [1.165, 1.54) is 0 Å². The van der Waals surface area contributed by atoms with Gasteiger partial charge in [-0.05, 0) is 12.1 Å². The third-order valence-electron chi connectivity index (χ3n) is 1.12. The Bertz CT molecular complexity index is 275. The van der Waals surface area contributed by atoms with Crippen LogP contribution < -0.4 is 11.1 Å². The number of amides is 2. The second kappa shape index (κ2) is 3.25. The molecule has 0 bridgehead atoms. The molecule has 57 valence electrons. The number of nitrogens with one attached hydrogen (secondary N) is 2. The van der Waals surface area contributed by atoms with Gasteiger partial charge in [-0.15, -0.1) is 0 Å². The largest absolute Gasteiger partial charge is 0.338 e. The van der Waals surface area contributed by atoms with Crippen LogP contribution in [0, 0.1) is 0 Å². The summed E-state index contributed by atoms with van der Waals surface area (Å²) in [5.41, 5.74) is 7.07. The Morgan fingerprint density at radius 3 is 2.64 bits per heavy atom. The van der Waals surface area contributed by atoms with Crippen LogP contribution in [-0.2, 0) is 0 Å². The summed E-state index contributed by atoms with van der Waals surface area (Å²) in [4.78, 5) is 10.3. The highest BCUT2D eigenvalue weighted by atomic mass is 35.5. The van der Waals surface area contributed by atoms with Crippen molar-refractivity contribution in [2.45, 2.75) is 0 Å². The second-order valence-electron chi connectivity index (χ2n) is 1.93. The minimum atomic E-state index is -0.863. The van der Waals surface area contributed by atoms with Crippen molar-refractivity contribution in [1.29, 1.82) is 0 Å². The Morgan fingerprint density at radius 1 is 1.45 bits per heavy atom. The molecule has 0 aromatic heterocycles. The molecule has 0 heterocycles. The molecule has 2 N–H and O–H groups in total. The van der Waals surface area contributed by atoms with E-state index in [-0.39, 0.29) is 0 Å². The molecule has 0 aliphatic carbocycles. The molecule has 0 unspecified atom stereocenters. The molecule has 0 saturated carbocycles. The van der Waals surface area contributed by atoms with Crippen molar-refractivity contribution < 1.29 is 4.79 Å². The Hall–Kier alpha value is -1.22. The number of anilines is 1. The molecule has 0 fully saturated rings. The number of urea groups is 1. The molecule has 1 rings (SSSR count). The predicted octanol–water partition coefficient (Wildman–Crippen LogP) is 2.15. The quantitative estimate of drug-likeness (QED) is 0.688. The lowest BCUT2D eigenvalue weighted by atomic mass is 10.3. The van der Waals surface area contributed by atoms with Crippen molar-refractivity contribution in [3.05, 3.63) is 29.3 Å². The highest BCUT2D eigenvalue weighted by Gasteiger charge is 1.99. The fourth-order valence-corrected chi connectivity index (χ4v) is 0.868. The highest BCUT2D eigenvalue weighted by molar-refractivity contribution is 6.33. The first-order valence-electron chi connectivity index (χ1n) is 2.97. The maximum atomic E-state index is 10.3. The van der Waals surface area contributed by atoms with Crippen LogP contribution in [0.25, 0.3) is 0 Å². The van der Waals surface area contributed by atoms with E-state index in [0.29, 0.717) is 10.7 Å². The lowest BCUT2D eigenvalue weighted by Gasteiger charge is -2.01. The maximum Gasteiger partial charge on any atom is 0.338 e. The fourth-order valence-electron chi connectivity index (χ4n) is 0.685. The number of halogens is 1. The van der Waals surface area contributed by atoms with E-state index in [0.717, 1.165) is 0 Å². The highest BCUT2D eigenvalue weighted by Crippen LogP contribution is 2.19. The van der Waals surface area contributed by atoms with Gasteiger partial charge in [-0.25, -0.2) is 10.5 Å². The van der Waals surface area contributed by atoms with Crippen LogP contribution in [0.1, 0.15) is 0 Å². The van der Waals surface area contributed by atoms with Gasteiger partial charge in [0.15, 0.2) is 0 Å². The average Bonchev–Trinajstić information content (AvgIpc) is 1.93. The second-order valence-corrected chi connectivity index (χ2v) is 2.34. The Morgan fingerprint density at radius 2 is 2.09 bits per heavy atom. The first-order chi connectivity index (χ1) is 5.20. The molecule has 0 aliphatic rings.